The van der Waals surface area contributed by atoms with Gasteiger partial charge < -0.3 is 10.5 Å². The molecular formula is C17H19ClN4O2S2. The first kappa shape index (κ1) is 20.6. The topological polar surface area (TPSA) is 91.0 Å². The monoisotopic (exact) mass is 410 g/mol. The number of carbonyl (C=O) groups is 1. The first-order valence-corrected chi connectivity index (χ1v) is 9.63. The van der Waals surface area contributed by atoms with Crippen molar-refractivity contribution in [1.29, 1.82) is 0 Å². The Balaban J connectivity index is 0.00000243. The van der Waals surface area contributed by atoms with Crippen molar-refractivity contribution in [3.05, 3.63) is 40.0 Å². The van der Waals surface area contributed by atoms with Crippen LogP contribution in [0.25, 0.3) is 10.9 Å². The Morgan fingerprint density at radius 2 is 2.15 bits per heavy atom. The van der Waals surface area contributed by atoms with Gasteiger partial charge in [-0.05, 0) is 26.0 Å². The lowest BCUT2D eigenvalue weighted by molar-refractivity contribution is 0.102. The SMILES string of the molecule is CCOc1cc2c(SCC(=O)c3ccc(CN)s3)nc(C)nc2cn1.Cl. The van der Waals surface area contributed by atoms with Crippen LogP contribution in [0.4, 0.5) is 0 Å². The molecule has 0 saturated heterocycles. The summed E-state index contributed by atoms with van der Waals surface area (Å²) < 4.78 is 5.46. The van der Waals surface area contributed by atoms with Gasteiger partial charge in [-0.25, -0.2) is 15.0 Å². The van der Waals surface area contributed by atoms with E-state index in [9.17, 15) is 4.79 Å². The molecule has 0 saturated carbocycles. The quantitative estimate of drug-likeness (QED) is 0.361. The minimum atomic E-state index is 0. The number of thiophene rings is 1. The second kappa shape index (κ2) is 9.27. The maximum atomic E-state index is 12.4. The number of thioether (sulfide) groups is 1. The van der Waals surface area contributed by atoms with Crippen molar-refractivity contribution in [2.24, 2.45) is 5.73 Å². The Kier molecular flexibility index (Phi) is 7.33. The Hall–Kier alpha value is -1.74. The normalized spacial score (nSPS) is 10.6. The number of fused-ring (bicyclic) bond motifs is 1. The van der Waals surface area contributed by atoms with Gasteiger partial charge in [-0.1, -0.05) is 11.8 Å². The van der Waals surface area contributed by atoms with E-state index in [1.54, 1.807) is 6.20 Å². The molecule has 0 radical (unpaired) electrons. The lowest BCUT2D eigenvalue weighted by atomic mass is 10.3. The highest BCUT2D eigenvalue weighted by molar-refractivity contribution is 8.00. The summed E-state index contributed by atoms with van der Waals surface area (Å²) in [5.74, 6) is 1.55. The number of aromatic nitrogens is 3. The van der Waals surface area contributed by atoms with E-state index in [4.69, 9.17) is 10.5 Å². The highest BCUT2D eigenvalue weighted by Crippen LogP contribution is 2.28. The molecule has 3 aromatic rings. The molecule has 0 aromatic carbocycles. The lowest BCUT2D eigenvalue weighted by Gasteiger charge is -2.08. The smallest absolute Gasteiger partial charge is 0.214 e. The first-order valence-electron chi connectivity index (χ1n) is 7.82. The summed E-state index contributed by atoms with van der Waals surface area (Å²) in [6.07, 6.45) is 1.67. The third-order valence-corrected chi connectivity index (χ3v) is 5.54. The minimum absolute atomic E-state index is 0. The number of nitrogens with two attached hydrogens (primary N) is 1. The molecule has 0 aliphatic carbocycles. The fourth-order valence-corrected chi connectivity index (χ4v) is 4.13. The maximum Gasteiger partial charge on any atom is 0.214 e. The average Bonchev–Trinajstić information content (AvgIpc) is 3.09. The highest BCUT2D eigenvalue weighted by atomic mass is 35.5. The molecule has 0 aliphatic heterocycles. The summed E-state index contributed by atoms with van der Waals surface area (Å²) in [7, 11) is 0. The van der Waals surface area contributed by atoms with Crippen molar-refractivity contribution in [3.63, 3.8) is 0 Å². The summed E-state index contributed by atoms with van der Waals surface area (Å²) in [4.78, 5) is 27.3. The van der Waals surface area contributed by atoms with Gasteiger partial charge in [0, 0.05) is 22.9 Å². The Bertz CT molecular complexity index is 917. The van der Waals surface area contributed by atoms with E-state index in [2.05, 4.69) is 15.0 Å². The zero-order valence-electron chi connectivity index (χ0n) is 14.4. The second-order valence-corrected chi connectivity index (χ2v) is 7.36. The van der Waals surface area contributed by atoms with Crippen LogP contribution in [0.2, 0.25) is 0 Å². The van der Waals surface area contributed by atoms with Crippen LogP contribution in [0, 0.1) is 6.92 Å². The van der Waals surface area contributed by atoms with Crippen molar-refractivity contribution in [3.8, 4) is 5.88 Å². The predicted octanol–water partition coefficient (Wildman–Crippen LogP) is 3.65. The molecule has 0 atom stereocenters. The van der Waals surface area contributed by atoms with E-state index in [1.165, 1.54) is 23.1 Å². The number of nitrogens with zero attached hydrogens (tertiary/aromatic N) is 3. The number of Topliss-reactive ketones (excluding diaryl/α,β-unsaturated/α-hetero) is 1. The second-order valence-electron chi connectivity index (χ2n) is 5.23. The zero-order valence-corrected chi connectivity index (χ0v) is 16.8. The standard InChI is InChI=1S/C17H18N4O2S2.ClH/c1-3-23-16-6-12-13(8-19-16)20-10(2)21-17(12)24-9-14(22)15-5-4-11(7-18)25-15;/h4-6,8H,3,7,9,18H2,1-2H3;1H. The number of ether oxygens (including phenoxy) is 1. The van der Waals surface area contributed by atoms with E-state index in [0.717, 1.165) is 25.7 Å². The van der Waals surface area contributed by atoms with E-state index in [-0.39, 0.29) is 18.2 Å². The number of pyridine rings is 1. The van der Waals surface area contributed by atoms with Crippen LogP contribution < -0.4 is 10.5 Å². The van der Waals surface area contributed by atoms with E-state index in [0.29, 0.717) is 30.6 Å². The minimum Gasteiger partial charge on any atom is -0.478 e. The van der Waals surface area contributed by atoms with Gasteiger partial charge in [-0.15, -0.1) is 23.7 Å². The first-order chi connectivity index (χ1) is 12.1. The summed E-state index contributed by atoms with van der Waals surface area (Å²) in [6.45, 7) is 4.72. The van der Waals surface area contributed by atoms with E-state index >= 15 is 0 Å². The van der Waals surface area contributed by atoms with Crippen LogP contribution in [0.3, 0.4) is 0 Å². The average molecular weight is 411 g/mol. The summed E-state index contributed by atoms with van der Waals surface area (Å²) in [6, 6.07) is 5.55. The Labute approximate surface area is 166 Å². The molecule has 3 heterocycles. The summed E-state index contributed by atoms with van der Waals surface area (Å²) >= 11 is 2.84. The Morgan fingerprint density at radius 3 is 2.85 bits per heavy atom. The molecule has 0 bridgehead atoms. The van der Waals surface area contributed by atoms with Crippen LogP contribution >= 0.6 is 35.5 Å². The van der Waals surface area contributed by atoms with Gasteiger partial charge in [0.05, 0.1) is 29.0 Å². The molecule has 138 valence electrons. The number of aryl methyl sites for hydroxylation is 1. The largest absolute Gasteiger partial charge is 0.478 e. The van der Waals surface area contributed by atoms with Crippen LogP contribution in [0.5, 0.6) is 5.88 Å². The number of rotatable bonds is 7. The molecule has 0 unspecified atom stereocenters. The maximum absolute atomic E-state index is 12.4. The number of hydrogen-bond acceptors (Lipinski definition) is 8. The molecule has 9 heteroatoms. The Morgan fingerprint density at radius 1 is 1.35 bits per heavy atom. The molecular weight excluding hydrogens is 392 g/mol. The van der Waals surface area contributed by atoms with Gasteiger partial charge in [0.25, 0.3) is 0 Å². The molecule has 3 aromatic heterocycles. The molecule has 26 heavy (non-hydrogen) atoms. The number of carbonyl (C=O) groups excluding carboxylic acids is 1. The third-order valence-electron chi connectivity index (χ3n) is 3.40. The summed E-state index contributed by atoms with van der Waals surface area (Å²) in [5, 5.41) is 1.60. The van der Waals surface area contributed by atoms with Gasteiger partial charge in [-0.2, -0.15) is 0 Å². The molecule has 2 N–H and O–H groups in total. The van der Waals surface area contributed by atoms with Crippen LogP contribution in [-0.2, 0) is 6.54 Å². The van der Waals surface area contributed by atoms with Crippen molar-refractivity contribution < 1.29 is 9.53 Å². The van der Waals surface area contributed by atoms with Gasteiger partial charge >= 0.3 is 0 Å². The van der Waals surface area contributed by atoms with Crippen LogP contribution in [-0.4, -0.2) is 33.1 Å². The van der Waals surface area contributed by atoms with E-state index in [1.807, 2.05) is 32.0 Å². The molecule has 3 rings (SSSR count). The fourth-order valence-electron chi connectivity index (χ4n) is 2.28. The van der Waals surface area contributed by atoms with Crippen molar-refractivity contribution >= 4 is 52.2 Å². The van der Waals surface area contributed by atoms with Gasteiger partial charge in [0.2, 0.25) is 5.88 Å². The number of hydrogen-bond donors (Lipinski definition) is 1. The molecule has 0 aliphatic rings. The molecule has 0 fully saturated rings. The zero-order chi connectivity index (χ0) is 17.8. The van der Waals surface area contributed by atoms with E-state index < -0.39 is 0 Å². The predicted molar refractivity (Wildman–Crippen MR) is 108 cm³/mol. The fraction of sp³-hybridized carbons (Fsp3) is 0.294. The van der Waals surface area contributed by atoms with Gasteiger partial charge in [0.1, 0.15) is 10.9 Å². The van der Waals surface area contributed by atoms with Crippen LogP contribution in [0.1, 0.15) is 27.3 Å². The lowest BCUT2D eigenvalue weighted by Crippen LogP contribution is -2.02. The van der Waals surface area contributed by atoms with Gasteiger partial charge in [0.15, 0.2) is 5.78 Å². The highest BCUT2D eigenvalue weighted by Gasteiger charge is 2.14. The number of halogens is 1. The van der Waals surface area contributed by atoms with Crippen molar-refractivity contribution in [2.75, 3.05) is 12.4 Å². The van der Waals surface area contributed by atoms with Crippen molar-refractivity contribution in [2.45, 2.75) is 25.4 Å². The molecule has 0 spiro atoms. The molecule has 6 nitrogen and oxygen atoms in total. The summed E-state index contributed by atoms with van der Waals surface area (Å²) in [5.41, 5.74) is 6.35. The number of ketones is 1. The van der Waals surface area contributed by atoms with Gasteiger partial charge in [-0.3, -0.25) is 4.79 Å². The third kappa shape index (κ3) is 4.70. The van der Waals surface area contributed by atoms with Crippen LogP contribution in [0.15, 0.2) is 29.4 Å². The molecule has 0 amide bonds. The van der Waals surface area contributed by atoms with Crippen molar-refractivity contribution in [1.82, 2.24) is 15.0 Å².